The van der Waals surface area contributed by atoms with Crippen LogP contribution in [-0.2, 0) is 0 Å². The van der Waals surface area contributed by atoms with Crippen LogP contribution in [0.15, 0.2) is 18.2 Å². The molecular formula is C17H23ClO2. The number of aliphatic hydroxyl groups is 1. The van der Waals surface area contributed by atoms with Gasteiger partial charge in [0.05, 0.1) is 12.7 Å². The van der Waals surface area contributed by atoms with Gasteiger partial charge in [0.2, 0.25) is 0 Å². The molecule has 0 aliphatic carbocycles. The maximum atomic E-state index is 10.3. The second-order valence-electron chi connectivity index (χ2n) is 5.18. The lowest BCUT2D eigenvalue weighted by atomic mass is 9.98. The Kier molecular flexibility index (Phi) is 6.91. The maximum absolute atomic E-state index is 10.3. The van der Waals surface area contributed by atoms with Crippen LogP contribution < -0.4 is 4.74 Å². The summed E-state index contributed by atoms with van der Waals surface area (Å²) < 4.78 is 5.24. The Morgan fingerprint density at radius 2 is 2.05 bits per heavy atom. The van der Waals surface area contributed by atoms with E-state index < -0.39 is 5.60 Å². The fourth-order valence-corrected chi connectivity index (χ4v) is 2.11. The van der Waals surface area contributed by atoms with E-state index in [1.54, 1.807) is 32.2 Å². The SMILES string of the molecule is CCCCCCC(C)(O)C#Cc1cc(Cl)ccc1OC. The number of ether oxygens (including phenoxy) is 1. The third-order valence-electron chi connectivity index (χ3n) is 3.15. The van der Waals surface area contributed by atoms with Crippen LogP contribution in [0.2, 0.25) is 5.02 Å². The molecule has 1 N–H and O–H groups in total. The van der Waals surface area contributed by atoms with Gasteiger partial charge in [-0.2, -0.15) is 0 Å². The smallest absolute Gasteiger partial charge is 0.134 e. The van der Waals surface area contributed by atoms with E-state index in [-0.39, 0.29) is 0 Å². The van der Waals surface area contributed by atoms with Gasteiger partial charge >= 0.3 is 0 Å². The average molecular weight is 295 g/mol. The van der Waals surface area contributed by atoms with Gasteiger partial charge in [0.1, 0.15) is 11.4 Å². The third kappa shape index (κ3) is 5.86. The quantitative estimate of drug-likeness (QED) is 0.621. The Morgan fingerprint density at radius 1 is 1.30 bits per heavy atom. The summed E-state index contributed by atoms with van der Waals surface area (Å²) in [6.07, 6.45) is 5.19. The van der Waals surface area contributed by atoms with E-state index >= 15 is 0 Å². The first-order valence-corrected chi connectivity index (χ1v) is 7.45. The van der Waals surface area contributed by atoms with Gasteiger partial charge in [0, 0.05) is 5.02 Å². The number of benzene rings is 1. The molecular weight excluding hydrogens is 272 g/mol. The van der Waals surface area contributed by atoms with Gasteiger partial charge in [-0.1, -0.05) is 49.6 Å². The Hall–Kier alpha value is -1.17. The normalized spacial score (nSPS) is 13.2. The molecule has 1 aromatic rings. The third-order valence-corrected chi connectivity index (χ3v) is 3.38. The molecule has 0 aliphatic heterocycles. The molecule has 20 heavy (non-hydrogen) atoms. The second-order valence-corrected chi connectivity index (χ2v) is 5.62. The largest absolute Gasteiger partial charge is 0.495 e. The van der Waals surface area contributed by atoms with Crippen LogP contribution in [0.1, 0.15) is 51.5 Å². The lowest BCUT2D eigenvalue weighted by Crippen LogP contribution is -2.21. The van der Waals surface area contributed by atoms with Crippen LogP contribution >= 0.6 is 11.6 Å². The average Bonchev–Trinajstić information content (AvgIpc) is 2.42. The van der Waals surface area contributed by atoms with Crippen LogP contribution in [0.25, 0.3) is 0 Å². The van der Waals surface area contributed by atoms with Gasteiger partial charge in [-0.15, -0.1) is 0 Å². The molecule has 1 unspecified atom stereocenters. The van der Waals surface area contributed by atoms with Gasteiger partial charge in [-0.05, 0) is 38.0 Å². The van der Waals surface area contributed by atoms with Crippen molar-refractivity contribution in [2.24, 2.45) is 0 Å². The lowest BCUT2D eigenvalue weighted by molar-refractivity contribution is 0.109. The standard InChI is InChI=1S/C17H23ClO2/c1-4-5-6-7-11-17(2,19)12-10-14-13-15(18)8-9-16(14)20-3/h8-9,13,19H,4-7,11H2,1-3H3. The molecule has 1 aromatic carbocycles. The highest BCUT2D eigenvalue weighted by Gasteiger charge is 2.16. The number of methoxy groups -OCH3 is 1. The van der Waals surface area contributed by atoms with E-state index in [0.29, 0.717) is 22.8 Å². The molecule has 0 radical (unpaired) electrons. The molecule has 1 rings (SSSR count). The topological polar surface area (TPSA) is 29.5 Å². The molecule has 0 spiro atoms. The summed E-state index contributed by atoms with van der Waals surface area (Å²) in [5, 5.41) is 10.9. The van der Waals surface area contributed by atoms with E-state index in [2.05, 4.69) is 18.8 Å². The summed E-state index contributed by atoms with van der Waals surface area (Å²) in [5.41, 5.74) is -0.269. The van der Waals surface area contributed by atoms with Gasteiger partial charge in [-0.25, -0.2) is 0 Å². The predicted octanol–water partition coefficient (Wildman–Crippen LogP) is 4.42. The van der Waals surface area contributed by atoms with Crippen LogP contribution in [0.4, 0.5) is 0 Å². The summed E-state index contributed by atoms with van der Waals surface area (Å²) >= 11 is 5.96. The van der Waals surface area contributed by atoms with Crippen LogP contribution in [0.5, 0.6) is 5.75 Å². The molecule has 110 valence electrons. The lowest BCUT2D eigenvalue weighted by Gasteiger charge is -2.15. The fraction of sp³-hybridized carbons (Fsp3) is 0.529. The highest BCUT2D eigenvalue weighted by Crippen LogP contribution is 2.22. The summed E-state index contributed by atoms with van der Waals surface area (Å²) in [5.74, 6) is 6.57. The molecule has 0 amide bonds. The summed E-state index contributed by atoms with van der Waals surface area (Å²) in [4.78, 5) is 0. The van der Waals surface area contributed by atoms with Crippen LogP contribution in [-0.4, -0.2) is 17.8 Å². The molecule has 0 saturated heterocycles. The Balaban J connectivity index is 2.74. The molecule has 0 aliphatic rings. The van der Waals surface area contributed by atoms with Gasteiger partial charge < -0.3 is 9.84 Å². The van der Waals surface area contributed by atoms with E-state index in [9.17, 15) is 5.11 Å². The molecule has 1 atom stereocenters. The number of rotatable bonds is 6. The Bertz CT molecular complexity index is 483. The first kappa shape index (κ1) is 16.9. The zero-order valence-corrected chi connectivity index (χ0v) is 13.3. The summed E-state index contributed by atoms with van der Waals surface area (Å²) in [6, 6.07) is 5.29. The highest BCUT2D eigenvalue weighted by molar-refractivity contribution is 6.30. The Morgan fingerprint density at radius 3 is 2.70 bits per heavy atom. The number of halogens is 1. The number of unbranched alkanes of at least 4 members (excludes halogenated alkanes) is 3. The molecule has 0 saturated carbocycles. The van der Waals surface area contributed by atoms with Crippen LogP contribution in [0.3, 0.4) is 0 Å². The van der Waals surface area contributed by atoms with Gasteiger partial charge in [-0.3, -0.25) is 0 Å². The van der Waals surface area contributed by atoms with Crippen molar-refractivity contribution in [1.29, 1.82) is 0 Å². The van der Waals surface area contributed by atoms with Crippen molar-refractivity contribution in [3.8, 4) is 17.6 Å². The Labute approximate surface area is 127 Å². The van der Waals surface area contributed by atoms with Crippen molar-refractivity contribution < 1.29 is 9.84 Å². The maximum Gasteiger partial charge on any atom is 0.134 e. The first-order valence-electron chi connectivity index (χ1n) is 7.07. The predicted molar refractivity (Wildman–Crippen MR) is 84.3 cm³/mol. The van der Waals surface area contributed by atoms with Crippen molar-refractivity contribution in [2.75, 3.05) is 7.11 Å². The second kappa shape index (κ2) is 8.19. The van der Waals surface area contributed by atoms with E-state index in [1.807, 2.05) is 0 Å². The minimum atomic E-state index is -0.971. The van der Waals surface area contributed by atoms with Crippen molar-refractivity contribution >= 4 is 11.6 Å². The molecule has 0 heterocycles. The number of hydrogen-bond donors (Lipinski definition) is 1. The molecule has 0 aromatic heterocycles. The molecule has 0 bridgehead atoms. The fourth-order valence-electron chi connectivity index (χ4n) is 1.94. The highest BCUT2D eigenvalue weighted by atomic mass is 35.5. The number of hydrogen-bond acceptors (Lipinski definition) is 2. The van der Waals surface area contributed by atoms with E-state index in [0.717, 1.165) is 12.8 Å². The minimum Gasteiger partial charge on any atom is -0.495 e. The monoisotopic (exact) mass is 294 g/mol. The zero-order valence-electron chi connectivity index (χ0n) is 12.5. The zero-order chi connectivity index (χ0) is 15.0. The van der Waals surface area contributed by atoms with Crippen LogP contribution in [0, 0.1) is 11.8 Å². The summed E-state index contributed by atoms with van der Waals surface area (Å²) in [6.45, 7) is 3.92. The molecule has 3 heteroatoms. The molecule has 0 fully saturated rings. The van der Waals surface area contributed by atoms with Crippen molar-refractivity contribution in [3.05, 3.63) is 28.8 Å². The summed E-state index contributed by atoms with van der Waals surface area (Å²) in [7, 11) is 1.59. The minimum absolute atomic E-state index is 0.609. The van der Waals surface area contributed by atoms with E-state index in [1.165, 1.54) is 12.8 Å². The van der Waals surface area contributed by atoms with Crippen molar-refractivity contribution in [1.82, 2.24) is 0 Å². The van der Waals surface area contributed by atoms with Crippen molar-refractivity contribution in [2.45, 2.75) is 51.6 Å². The first-order chi connectivity index (χ1) is 9.48. The van der Waals surface area contributed by atoms with Crippen molar-refractivity contribution in [3.63, 3.8) is 0 Å². The van der Waals surface area contributed by atoms with Gasteiger partial charge in [0.25, 0.3) is 0 Å². The van der Waals surface area contributed by atoms with Gasteiger partial charge in [0.15, 0.2) is 0 Å². The molecule has 2 nitrogen and oxygen atoms in total. The van der Waals surface area contributed by atoms with E-state index in [4.69, 9.17) is 16.3 Å².